The molecule has 0 saturated carbocycles. The summed E-state index contributed by atoms with van der Waals surface area (Å²) in [6.07, 6.45) is 3.61. The third kappa shape index (κ3) is 3.08. The van der Waals surface area contributed by atoms with Gasteiger partial charge in [-0.1, -0.05) is 24.3 Å². The summed E-state index contributed by atoms with van der Waals surface area (Å²) in [6.45, 7) is 9.89. The molecule has 1 aromatic rings. The van der Waals surface area contributed by atoms with Gasteiger partial charge in [0.2, 0.25) is 0 Å². The molecule has 0 spiro atoms. The molecular formula is C16H26BNO2. The number of nitrogens with zero attached hydrogens (tertiary/aromatic N) is 1. The second kappa shape index (κ2) is 5.51. The molecule has 1 heterocycles. The number of piperidine rings is 1. The smallest absolute Gasteiger partial charge is 0.423 e. The lowest BCUT2D eigenvalue weighted by Gasteiger charge is -2.53. The van der Waals surface area contributed by atoms with Crippen LogP contribution in [0.4, 0.5) is 0 Å². The molecule has 0 atom stereocenters. The van der Waals surface area contributed by atoms with Crippen LogP contribution < -0.4 is 5.46 Å². The summed E-state index contributed by atoms with van der Waals surface area (Å²) in [4.78, 5) is 2.50. The Hall–Kier alpha value is -0.835. The van der Waals surface area contributed by atoms with Crippen molar-refractivity contribution in [2.24, 2.45) is 0 Å². The van der Waals surface area contributed by atoms with E-state index in [1.54, 1.807) is 6.07 Å². The van der Waals surface area contributed by atoms with Gasteiger partial charge < -0.3 is 10.0 Å². The lowest BCUT2D eigenvalue weighted by molar-refractivity contribution is -0.0339. The van der Waals surface area contributed by atoms with E-state index in [0.717, 1.165) is 12.1 Å². The molecule has 0 amide bonds. The number of hydrogen-bond acceptors (Lipinski definition) is 3. The fourth-order valence-corrected chi connectivity index (χ4v) is 3.57. The van der Waals surface area contributed by atoms with Crippen molar-refractivity contribution >= 4 is 12.6 Å². The first-order valence-corrected chi connectivity index (χ1v) is 7.46. The second-order valence-electron chi connectivity index (χ2n) is 7.14. The highest BCUT2D eigenvalue weighted by Gasteiger charge is 2.41. The minimum atomic E-state index is -1.40. The maximum absolute atomic E-state index is 9.53. The SMILES string of the molecule is CC1(C)CCCC(C)(C)N1Cc1ccccc1B(O)O. The Morgan fingerprint density at radius 1 is 1.05 bits per heavy atom. The van der Waals surface area contributed by atoms with Crippen LogP contribution in [-0.4, -0.2) is 33.1 Å². The second-order valence-corrected chi connectivity index (χ2v) is 7.14. The van der Waals surface area contributed by atoms with Gasteiger partial charge in [-0.25, -0.2) is 0 Å². The van der Waals surface area contributed by atoms with E-state index < -0.39 is 7.12 Å². The Labute approximate surface area is 122 Å². The first-order chi connectivity index (χ1) is 9.24. The molecule has 0 aliphatic carbocycles. The molecule has 3 nitrogen and oxygen atoms in total. The summed E-state index contributed by atoms with van der Waals surface area (Å²) in [6, 6.07) is 7.61. The summed E-state index contributed by atoms with van der Waals surface area (Å²) in [5.74, 6) is 0. The predicted molar refractivity (Wildman–Crippen MR) is 83.8 cm³/mol. The number of rotatable bonds is 3. The van der Waals surface area contributed by atoms with Crippen LogP contribution in [0.5, 0.6) is 0 Å². The van der Waals surface area contributed by atoms with Crippen molar-refractivity contribution in [2.45, 2.75) is 64.6 Å². The van der Waals surface area contributed by atoms with Crippen molar-refractivity contribution < 1.29 is 10.0 Å². The third-order valence-electron chi connectivity index (χ3n) is 4.70. The van der Waals surface area contributed by atoms with Crippen molar-refractivity contribution in [1.29, 1.82) is 0 Å². The number of hydrogen-bond donors (Lipinski definition) is 2. The molecule has 1 fully saturated rings. The van der Waals surface area contributed by atoms with Crippen LogP contribution in [0.3, 0.4) is 0 Å². The van der Waals surface area contributed by atoms with Crippen molar-refractivity contribution in [1.82, 2.24) is 4.90 Å². The van der Waals surface area contributed by atoms with E-state index in [0.29, 0.717) is 5.46 Å². The van der Waals surface area contributed by atoms with Gasteiger partial charge in [0.25, 0.3) is 0 Å². The highest BCUT2D eigenvalue weighted by atomic mass is 16.4. The Balaban J connectivity index is 2.32. The number of benzene rings is 1. The normalized spacial score (nSPS) is 21.7. The Kier molecular flexibility index (Phi) is 4.28. The van der Waals surface area contributed by atoms with Gasteiger partial charge >= 0.3 is 7.12 Å². The van der Waals surface area contributed by atoms with E-state index in [4.69, 9.17) is 0 Å². The van der Waals surface area contributed by atoms with E-state index in [-0.39, 0.29) is 11.1 Å². The lowest BCUT2D eigenvalue weighted by atomic mass is 9.75. The summed E-state index contributed by atoms with van der Waals surface area (Å²) < 4.78 is 0. The Bertz CT molecular complexity index is 455. The predicted octanol–water partition coefficient (Wildman–Crippen LogP) is 1.91. The standard InChI is InChI=1S/C16H26BNO2/c1-15(2)10-7-11-16(3,4)18(15)12-13-8-5-6-9-14(13)17(19)20/h5-6,8-9,19-20H,7,10-12H2,1-4H3. The molecule has 1 saturated heterocycles. The van der Waals surface area contributed by atoms with E-state index >= 15 is 0 Å². The monoisotopic (exact) mass is 275 g/mol. The summed E-state index contributed by atoms with van der Waals surface area (Å²) in [5, 5.41) is 19.1. The minimum absolute atomic E-state index is 0.134. The summed E-state index contributed by atoms with van der Waals surface area (Å²) >= 11 is 0. The molecule has 0 aromatic heterocycles. The molecule has 1 aromatic carbocycles. The van der Waals surface area contributed by atoms with Gasteiger partial charge in [0.05, 0.1) is 0 Å². The van der Waals surface area contributed by atoms with Gasteiger partial charge in [0.1, 0.15) is 0 Å². The van der Waals surface area contributed by atoms with Gasteiger partial charge in [-0.2, -0.15) is 0 Å². The van der Waals surface area contributed by atoms with Gasteiger partial charge in [0.15, 0.2) is 0 Å². The summed E-state index contributed by atoms with van der Waals surface area (Å²) in [5.41, 5.74) is 1.89. The fourth-order valence-electron chi connectivity index (χ4n) is 3.57. The van der Waals surface area contributed by atoms with Crippen LogP contribution in [0.25, 0.3) is 0 Å². The van der Waals surface area contributed by atoms with Gasteiger partial charge in [-0.3, -0.25) is 4.90 Å². The van der Waals surface area contributed by atoms with Crippen LogP contribution in [-0.2, 0) is 6.54 Å². The third-order valence-corrected chi connectivity index (χ3v) is 4.70. The molecule has 0 bridgehead atoms. The van der Waals surface area contributed by atoms with Crippen LogP contribution in [0.2, 0.25) is 0 Å². The van der Waals surface area contributed by atoms with Gasteiger partial charge in [0, 0.05) is 17.6 Å². The average Bonchev–Trinajstić information content (AvgIpc) is 2.34. The molecule has 2 rings (SSSR count). The van der Waals surface area contributed by atoms with Crippen molar-refractivity contribution in [2.75, 3.05) is 0 Å². The molecular weight excluding hydrogens is 249 g/mol. The van der Waals surface area contributed by atoms with Crippen LogP contribution in [0.1, 0.15) is 52.5 Å². The van der Waals surface area contributed by atoms with Crippen LogP contribution in [0.15, 0.2) is 24.3 Å². The molecule has 1 aliphatic heterocycles. The van der Waals surface area contributed by atoms with Gasteiger partial charge in [-0.15, -0.1) is 0 Å². The fraction of sp³-hybridized carbons (Fsp3) is 0.625. The number of likely N-dealkylation sites (tertiary alicyclic amines) is 1. The molecule has 2 N–H and O–H groups in total. The summed E-state index contributed by atoms with van der Waals surface area (Å²) in [7, 11) is -1.40. The van der Waals surface area contributed by atoms with Crippen LogP contribution >= 0.6 is 0 Å². The van der Waals surface area contributed by atoms with E-state index in [2.05, 4.69) is 32.6 Å². The zero-order valence-corrected chi connectivity index (χ0v) is 13.1. The van der Waals surface area contributed by atoms with E-state index in [1.165, 1.54) is 19.3 Å². The Morgan fingerprint density at radius 3 is 2.15 bits per heavy atom. The maximum Gasteiger partial charge on any atom is 0.488 e. The van der Waals surface area contributed by atoms with Crippen molar-refractivity contribution in [3.8, 4) is 0 Å². The van der Waals surface area contributed by atoms with E-state index in [1.807, 2.05) is 18.2 Å². The minimum Gasteiger partial charge on any atom is -0.423 e. The lowest BCUT2D eigenvalue weighted by Crippen LogP contribution is -2.58. The topological polar surface area (TPSA) is 43.7 Å². The first-order valence-electron chi connectivity index (χ1n) is 7.46. The molecule has 4 heteroatoms. The molecule has 0 radical (unpaired) electrons. The van der Waals surface area contributed by atoms with Crippen molar-refractivity contribution in [3.63, 3.8) is 0 Å². The molecule has 0 unspecified atom stereocenters. The molecule has 20 heavy (non-hydrogen) atoms. The Morgan fingerprint density at radius 2 is 1.60 bits per heavy atom. The maximum atomic E-state index is 9.53. The average molecular weight is 275 g/mol. The van der Waals surface area contributed by atoms with E-state index in [9.17, 15) is 10.0 Å². The highest BCUT2D eigenvalue weighted by molar-refractivity contribution is 6.59. The van der Waals surface area contributed by atoms with Crippen molar-refractivity contribution in [3.05, 3.63) is 29.8 Å². The quantitative estimate of drug-likeness (QED) is 0.828. The van der Waals surface area contributed by atoms with Crippen LogP contribution in [0, 0.1) is 0 Å². The zero-order valence-electron chi connectivity index (χ0n) is 13.1. The molecule has 1 aliphatic rings. The zero-order chi connectivity index (χ0) is 15.0. The largest absolute Gasteiger partial charge is 0.488 e. The molecule has 110 valence electrons. The highest BCUT2D eigenvalue weighted by Crippen LogP contribution is 2.39. The van der Waals surface area contributed by atoms with Gasteiger partial charge in [-0.05, 0) is 58.0 Å². The first kappa shape index (κ1) is 15.6.